The van der Waals surface area contributed by atoms with Gasteiger partial charge in [0.15, 0.2) is 23.0 Å². The number of benzene rings is 2. The van der Waals surface area contributed by atoms with E-state index < -0.39 is 0 Å². The second-order valence-corrected chi connectivity index (χ2v) is 5.24. The third kappa shape index (κ3) is 4.44. The number of nitrogens with one attached hydrogen (secondary N) is 1. The Morgan fingerprint density at radius 2 is 1.96 bits per heavy atom. The molecule has 1 aliphatic heterocycles. The van der Waals surface area contributed by atoms with Crippen LogP contribution in [-0.2, 0) is 4.79 Å². The SMILES string of the molecule is COc1ccccc1OCCNC(=O)C=Cc1ccc2c(c1)OCO2. The molecule has 2 aromatic carbocycles. The van der Waals surface area contributed by atoms with Crippen LogP contribution in [0, 0.1) is 0 Å². The summed E-state index contributed by atoms with van der Waals surface area (Å²) in [5.41, 5.74) is 0.865. The van der Waals surface area contributed by atoms with Crippen LogP contribution in [0.4, 0.5) is 0 Å². The first-order valence-corrected chi connectivity index (χ1v) is 7.87. The topological polar surface area (TPSA) is 66.0 Å². The molecule has 0 atom stereocenters. The van der Waals surface area contributed by atoms with E-state index in [1.165, 1.54) is 6.08 Å². The number of fused-ring (bicyclic) bond motifs is 1. The number of hydrogen-bond acceptors (Lipinski definition) is 5. The van der Waals surface area contributed by atoms with Gasteiger partial charge < -0.3 is 24.3 Å². The molecule has 0 saturated carbocycles. The number of carbonyl (C=O) groups excluding carboxylic acids is 1. The number of hydrogen-bond donors (Lipinski definition) is 1. The molecule has 0 aliphatic carbocycles. The lowest BCUT2D eigenvalue weighted by atomic mass is 10.2. The van der Waals surface area contributed by atoms with E-state index in [4.69, 9.17) is 18.9 Å². The molecule has 0 spiro atoms. The van der Waals surface area contributed by atoms with Crippen molar-refractivity contribution in [1.82, 2.24) is 5.32 Å². The number of amides is 1. The summed E-state index contributed by atoms with van der Waals surface area (Å²) in [6.45, 7) is 0.974. The minimum Gasteiger partial charge on any atom is -0.493 e. The first kappa shape index (κ1) is 16.7. The Bertz CT molecular complexity index is 772. The van der Waals surface area contributed by atoms with Crippen molar-refractivity contribution < 1.29 is 23.7 Å². The summed E-state index contributed by atoms with van der Waals surface area (Å²) >= 11 is 0. The Kier molecular flexibility index (Phi) is 5.41. The average molecular weight is 341 g/mol. The van der Waals surface area contributed by atoms with Crippen LogP contribution in [0.15, 0.2) is 48.5 Å². The van der Waals surface area contributed by atoms with Crippen molar-refractivity contribution in [3.05, 3.63) is 54.1 Å². The van der Waals surface area contributed by atoms with Crippen LogP contribution in [0.2, 0.25) is 0 Å². The number of carbonyl (C=O) groups is 1. The highest BCUT2D eigenvalue weighted by molar-refractivity contribution is 5.91. The van der Waals surface area contributed by atoms with E-state index >= 15 is 0 Å². The average Bonchev–Trinajstić information content (AvgIpc) is 3.11. The number of rotatable bonds is 7. The summed E-state index contributed by atoms with van der Waals surface area (Å²) in [7, 11) is 1.59. The second-order valence-electron chi connectivity index (χ2n) is 5.24. The van der Waals surface area contributed by atoms with Crippen LogP contribution in [0.1, 0.15) is 5.56 Å². The van der Waals surface area contributed by atoms with Gasteiger partial charge in [0, 0.05) is 6.08 Å². The van der Waals surface area contributed by atoms with Gasteiger partial charge >= 0.3 is 0 Å². The Morgan fingerprint density at radius 3 is 2.80 bits per heavy atom. The molecule has 0 radical (unpaired) electrons. The first-order chi connectivity index (χ1) is 12.3. The largest absolute Gasteiger partial charge is 0.493 e. The van der Waals surface area contributed by atoms with Gasteiger partial charge in [-0.1, -0.05) is 18.2 Å². The van der Waals surface area contributed by atoms with E-state index in [1.54, 1.807) is 13.2 Å². The van der Waals surface area contributed by atoms with E-state index in [-0.39, 0.29) is 12.7 Å². The Labute approximate surface area is 146 Å². The molecular weight excluding hydrogens is 322 g/mol. The lowest BCUT2D eigenvalue weighted by Crippen LogP contribution is -2.26. The fraction of sp³-hybridized carbons (Fsp3) is 0.211. The monoisotopic (exact) mass is 341 g/mol. The Balaban J connectivity index is 1.43. The Morgan fingerprint density at radius 1 is 1.16 bits per heavy atom. The summed E-state index contributed by atoms with van der Waals surface area (Å²) < 4.78 is 21.3. The van der Waals surface area contributed by atoms with Gasteiger partial charge in [0.1, 0.15) is 6.61 Å². The van der Waals surface area contributed by atoms with Crippen molar-refractivity contribution in [2.45, 2.75) is 0 Å². The van der Waals surface area contributed by atoms with Gasteiger partial charge in [-0.05, 0) is 35.9 Å². The molecule has 3 rings (SSSR count). The van der Waals surface area contributed by atoms with Crippen LogP contribution in [0.25, 0.3) is 6.08 Å². The summed E-state index contributed by atoms with van der Waals surface area (Å²) in [4.78, 5) is 11.9. The van der Waals surface area contributed by atoms with E-state index in [9.17, 15) is 4.79 Å². The predicted molar refractivity (Wildman–Crippen MR) is 93.1 cm³/mol. The molecule has 0 unspecified atom stereocenters. The van der Waals surface area contributed by atoms with Crippen molar-refractivity contribution in [3.63, 3.8) is 0 Å². The highest BCUT2D eigenvalue weighted by Gasteiger charge is 2.12. The Hall–Kier alpha value is -3.15. The summed E-state index contributed by atoms with van der Waals surface area (Å²) in [6.07, 6.45) is 3.19. The molecule has 1 amide bonds. The second kappa shape index (κ2) is 8.10. The molecular formula is C19H19NO5. The van der Waals surface area contributed by atoms with Gasteiger partial charge in [-0.2, -0.15) is 0 Å². The van der Waals surface area contributed by atoms with E-state index in [0.29, 0.717) is 30.4 Å². The van der Waals surface area contributed by atoms with Gasteiger partial charge in [-0.15, -0.1) is 0 Å². The molecule has 0 bridgehead atoms. The van der Waals surface area contributed by atoms with Crippen LogP contribution in [0.5, 0.6) is 23.0 Å². The zero-order valence-corrected chi connectivity index (χ0v) is 13.9. The van der Waals surface area contributed by atoms with E-state index in [0.717, 1.165) is 11.3 Å². The van der Waals surface area contributed by atoms with Crippen molar-refractivity contribution in [3.8, 4) is 23.0 Å². The molecule has 6 heteroatoms. The number of para-hydroxylation sites is 2. The van der Waals surface area contributed by atoms with Gasteiger partial charge in [-0.3, -0.25) is 4.79 Å². The first-order valence-electron chi connectivity index (χ1n) is 7.87. The van der Waals surface area contributed by atoms with Crippen molar-refractivity contribution in [1.29, 1.82) is 0 Å². The highest BCUT2D eigenvalue weighted by Crippen LogP contribution is 2.32. The van der Waals surface area contributed by atoms with Gasteiger partial charge in [0.05, 0.1) is 13.7 Å². The zero-order chi connectivity index (χ0) is 17.5. The third-order valence-corrected chi connectivity index (χ3v) is 3.55. The lowest BCUT2D eigenvalue weighted by molar-refractivity contribution is -0.116. The fourth-order valence-electron chi connectivity index (χ4n) is 2.32. The van der Waals surface area contributed by atoms with Gasteiger partial charge in [-0.25, -0.2) is 0 Å². The number of ether oxygens (including phenoxy) is 4. The molecule has 2 aromatic rings. The normalized spacial score (nSPS) is 12.2. The zero-order valence-electron chi connectivity index (χ0n) is 13.9. The summed E-state index contributed by atoms with van der Waals surface area (Å²) in [6, 6.07) is 12.9. The van der Waals surface area contributed by atoms with Crippen LogP contribution in [0.3, 0.4) is 0 Å². The molecule has 1 aliphatic rings. The third-order valence-electron chi connectivity index (χ3n) is 3.55. The lowest BCUT2D eigenvalue weighted by Gasteiger charge is -2.10. The minimum absolute atomic E-state index is 0.193. The van der Waals surface area contributed by atoms with Gasteiger partial charge in [0.2, 0.25) is 12.7 Å². The molecule has 1 N–H and O–H groups in total. The maximum atomic E-state index is 11.9. The van der Waals surface area contributed by atoms with Crippen molar-refractivity contribution >= 4 is 12.0 Å². The molecule has 0 fully saturated rings. The quantitative estimate of drug-likeness (QED) is 0.619. The maximum absolute atomic E-state index is 11.9. The van der Waals surface area contributed by atoms with E-state index in [1.807, 2.05) is 42.5 Å². The van der Waals surface area contributed by atoms with Crippen molar-refractivity contribution in [2.75, 3.05) is 27.1 Å². The molecule has 25 heavy (non-hydrogen) atoms. The van der Waals surface area contributed by atoms with E-state index in [2.05, 4.69) is 5.32 Å². The number of methoxy groups -OCH3 is 1. The standard InChI is InChI=1S/C19H19NO5/c1-22-15-4-2-3-5-16(15)23-11-10-20-19(21)9-7-14-6-8-17-18(12-14)25-13-24-17/h2-9,12H,10-11,13H2,1H3,(H,20,21). The van der Waals surface area contributed by atoms with Crippen LogP contribution >= 0.6 is 0 Å². The van der Waals surface area contributed by atoms with Gasteiger partial charge in [0.25, 0.3) is 0 Å². The van der Waals surface area contributed by atoms with Crippen LogP contribution < -0.4 is 24.3 Å². The predicted octanol–water partition coefficient (Wildman–Crippen LogP) is 2.63. The molecule has 130 valence electrons. The summed E-state index contributed by atoms with van der Waals surface area (Å²) in [5.74, 6) is 2.52. The molecule has 0 aromatic heterocycles. The maximum Gasteiger partial charge on any atom is 0.244 e. The smallest absolute Gasteiger partial charge is 0.244 e. The fourth-order valence-corrected chi connectivity index (χ4v) is 2.32. The van der Waals surface area contributed by atoms with Crippen molar-refractivity contribution in [2.24, 2.45) is 0 Å². The minimum atomic E-state index is -0.193. The highest BCUT2D eigenvalue weighted by atomic mass is 16.7. The molecule has 6 nitrogen and oxygen atoms in total. The molecule has 0 saturated heterocycles. The van der Waals surface area contributed by atoms with Crippen LogP contribution in [-0.4, -0.2) is 33.0 Å². The molecule has 1 heterocycles. The summed E-state index contributed by atoms with van der Waals surface area (Å²) in [5, 5.41) is 2.77.